The number of thioether (sulfide) groups is 1. The first-order valence-electron chi connectivity index (χ1n) is 9.50. The molecular formula is C20H24N4O4S. The van der Waals surface area contributed by atoms with Crippen LogP contribution < -0.4 is 19.5 Å². The Kier molecular flexibility index (Phi) is 5.40. The molecule has 0 saturated heterocycles. The van der Waals surface area contributed by atoms with E-state index in [1.54, 1.807) is 37.8 Å². The number of methoxy groups -OCH3 is 3. The number of fused-ring (bicyclic) bond motifs is 2. The number of carbonyl (C=O) groups is 1. The molecule has 2 aliphatic rings. The zero-order chi connectivity index (χ0) is 20.5. The second-order valence-electron chi connectivity index (χ2n) is 6.73. The third-order valence-electron chi connectivity index (χ3n) is 5.21. The van der Waals surface area contributed by atoms with Crippen molar-refractivity contribution in [3.8, 4) is 17.2 Å². The van der Waals surface area contributed by atoms with Gasteiger partial charge in [-0.05, 0) is 24.3 Å². The molecule has 4 rings (SSSR count). The monoisotopic (exact) mass is 416 g/mol. The fraction of sp³-hybridized carbons (Fsp3) is 0.450. The Balaban J connectivity index is 1.94. The lowest BCUT2D eigenvalue weighted by atomic mass is 9.80. The number of hydrogen-bond acceptors (Lipinski definition) is 8. The van der Waals surface area contributed by atoms with Crippen molar-refractivity contribution in [2.75, 3.05) is 32.4 Å². The third kappa shape index (κ3) is 3.23. The summed E-state index contributed by atoms with van der Waals surface area (Å²) in [4.78, 5) is 17.6. The highest BCUT2D eigenvalue weighted by Gasteiger charge is 2.43. The second-order valence-corrected chi connectivity index (χ2v) is 7.96. The van der Waals surface area contributed by atoms with Crippen LogP contribution in [0.15, 0.2) is 29.1 Å². The smallest absolute Gasteiger partial charge is 0.227 e. The lowest BCUT2D eigenvalue weighted by Crippen LogP contribution is -2.39. The normalized spacial score (nSPS) is 20.3. The van der Waals surface area contributed by atoms with Crippen LogP contribution in [0.4, 0.5) is 5.95 Å². The van der Waals surface area contributed by atoms with Crippen LogP contribution in [0, 0.1) is 5.92 Å². The summed E-state index contributed by atoms with van der Waals surface area (Å²) in [5.41, 5.74) is 1.67. The van der Waals surface area contributed by atoms with E-state index >= 15 is 0 Å². The van der Waals surface area contributed by atoms with Crippen molar-refractivity contribution in [2.24, 2.45) is 5.92 Å². The molecular weight excluding hydrogens is 392 g/mol. The predicted octanol–water partition coefficient (Wildman–Crippen LogP) is 3.29. The highest BCUT2D eigenvalue weighted by atomic mass is 32.2. The molecule has 8 nitrogen and oxygen atoms in total. The predicted molar refractivity (Wildman–Crippen MR) is 110 cm³/mol. The standard InChI is InChI=1S/C20H24N4O4S/c1-5-29-20-22-19-21-12-7-6-8-13(25)15(12)16(24(19)23-20)11-9-10-14(26-2)18(28-4)17(11)27-3/h7,9-10,15-16H,5-6,8H2,1-4H3,(H,21,22,23)/t15-,16-/m0/s1. The molecule has 2 atom stereocenters. The van der Waals surface area contributed by atoms with E-state index in [4.69, 9.17) is 19.3 Å². The minimum Gasteiger partial charge on any atom is -0.493 e. The summed E-state index contributed by atoms with van der Waals surface area (Å²) in [5.74, 6) is 2.85. The third-order valence-corrected chi connectivity index (χ3v) is 5.93. The number of aromatic nitrogens is 3. The van der Waals surface area contributed by atoms with E-state index in [1.807, 2.05) is 12.1 Å². The SMILES string of the molecule is CCSc1nc2n(n1)[C@@H](c1ccc(OC)c(OC)c1OC)[C@@H]1C(=O)CCC=C1N2. The van der Waals surface area contributed by atoms with Gasteiger partial charge in [-0.15, -0.1) is 5.10 Å². The first kappa shape index (κ1) is 19.6. The lowest BCUT2D eigenvalue weighted by Gasteiger charge is -2.36. The van der Waals surface area contributed by atoms with E-state index in [1.165, 1.54) is 0 Å². The molecule has 0 fully saturated rings. The summed E-state index contributed by atoms with van der Waals surface area (Å²) < 4.78 is 18.5. The number of ketones is 1. The van der Waals surface area contributed by atoms with E-state index in [9.17, 15) is 4.79 Å². The average molecular weight is 417 g/mol. The van der Waals surface area contributed by atoms with Crippen molar-refractivity contribution in [3.63, 3.8) is 0 Å². The van der Waals surface area contributed by atoms with Gasteiger partial charge in [0.15, 0.2) is 11.5 Å². The number of benzene rings is 1. The molecule has 1 aliphatic heterocycles. The molecule has 2 aromatic rings. The van der Waals surface area contributed by atoms with Crippen molar-refractivity contribution in [1.29, 1.82) is 0 Å². The van der Waals surface area contributed by atoms with Crippen molar-refractivity contribution in [2.45, 2.75) is 31.0 Å². The Labute approximate surface area is 173 Å². The zero-order valence-electron chi connectivity index (χ0n) is 16.9. The van der Waals surface area contributed by atoms with Crippen molar-refractivity contribution in [1.82, 2.24) is 14.8 Å². The molecule has 0 radical (unpaired) electrons. The van der Waals surface area contributed by atoms with E-state index in [0.29, 0.717) is 34.8 Å². The topological polar surface area (TPSA) is 87.5 Å². The van der Waals surface area contributed by atoms with Gasteiger partial charge in [-0.2, -0.15) is 4.98 Å². The van der Waals surface area contributed by atoms with Gasteiger partial charge in [0, 0.05) is 17.7 Å². The lowest BCUT2D eigenvalue weighted by molar-refractivity contribution is -0.123. The Morgan fingerprint density at radius 2 is 2.00 bits per heavy atom. The van der Waals surface area contributed by atoms with Crippen LogP contribution in [0.25, 0.3) is 0 Å². The van der Waals surface area contributed by atoms with E-state index in [0.717, 1.165) is 23.4 Å². The molecule has 2 heterocycles. The first-order valence-corrected chi connectivity index (χ1v) is 10.5. The molecule has 154 valence electrons. The maximum atomic E-state index is 13.0. The van der Waals surface area contributed by atoms with Crippen LogP contribution >= 0.6 is 11.8 Å². The second kappa shape index (κ2) is 7.98. The van der Waals surface area contributed by atoms with E-state index in [2.05, 4.69) is 23.3 Å². The maximum Gasteiger partial charge on any atom is 0.227 e. The Bertz CT molecular complexity index is 972. The summed E-state index contributed by atoms with van der Waals surface area (Å²) in [5, 5.41) is 8.68. The molecule has 1 aliphatic carbocycles. The Morgan fingerprint density at radius 3 is 2.69 bits per heavy atom. The number of allylic oxidation sites excluding steroid dienone is 2. The number of rotatable bonds is 6. The van der Waals surface area contributed by atoms with Crippen LogP contribution in [0.5, 0.6) is 17.2 Å². The highest BCUT2D eigenvalue weighted by molar-refractivity contribution is 7.99. The minimum atomic E-state index is -0.390. The summed E-state index contributed by atoms with van der Waals surface area (Å²) in [6, 6.07) is 3.35. The zero-order valence-corrected chi connectivity index (χ0v) is 17.7. The Morgan fingerprint density at radius 1 is 1.21 bits per heavy atom. The number of Topliss-reactive ketones (excluding diaryl/α,β-unsaturated/α-hetero) is 1. The maximum absolute atomic E-state index is 13.0. The van der Waals surface area contributed by atoms with Crippen LogP contribution in [0.3, 0.4) is 0 Å². The number of nitrogens with zero attached hydrogens (tertiary/aromatic N) is 3. The van der Waals surface area contributed by atoms with Gasteiger partial charge in [0.05, 0.1) is 33.3 Å². The van der Waals surface area contributed by atoms with Crippen molar-refractivity contribution in [3.05, 3.63) is 29.5 Å². The van der Waals surface area contributed by atoms with Crippen molar-refractivity contribution < 1.29 is 19.0 Å². The number of ether oxygens (including phenoxy) is 3. The highest BCUT2D eigenvalue weighted by Crippen LogP contribution is 2.49. The van der Waals surface area contributed by atoms with E-state index < -0.39 is 6.04 Å². The fourth-order valence-corrected chi connectivity index (χ4v) is 4.57. The van der Waals surface area contributed by atoms with Gasteiger partial charge in [0.1, 0.15) is 5.78 Å². The molecule has 0 spiro atoms. The first-order chi connectivity index (χ1) is 14.1. The summed E-state index contributed by atoms with van der Waals surface area (Å²) in [7, 11) is 4.74. The molecule has 0 amide bonds. The van der Waals surface area contributed by atoms with Gasteiger partial charge >= 0.3 is 0 Å². The molecule has 9 heteroatoms. The number of anilines is 1. The average Bonchev–Trinajstić information content (AvgIpc) is 3.13. The summed E-state index contributed by atoms with van der Waals surface area (Å²) >= 11 is 1.56. The molecule has 0 saturated carbocycles. The van der Waals surface area contributed by atoms with Gasteiger partial charge in [-0.3, -0.25) is 4.79 Å². The van der Waals surface area contributed by atoms with Crippen molar-refractivity contribution >= 4 is 23.5 Å². The van der Waals surface area contributed by atoms with Crippen LogP contribution in [-0.2, 0) is 4.79 Å². The number of carbonyl (C=O) groups excluding carboxylic acids is 1. The quantitative estimate of drug-likeness (QED) is 0.718. The number of hydrogen-bond donors (Lipinski definition) is 1. The van der Waals surface area contributed by atoms with Gasteiger partial charge in [0.2, 0.25) is 16.9 Å². The Hall–Kier alpha value is -2.68. The van der Waals surface area contributed by atoms with Crippen LogP contribution in [0.2, 0.25) is 0 Å². The fourth-order valence-electron chi connectivity index (χ4n) is 4.01. The van der Waals surface area contributed by atoms with Crippen LogP contribution in [-0.4, -0.2) is 47.6 Å². The van der Waals surface area contributed by atoms with Gasteiger partial charge in [-0.25, -0.2) is 4.68 Å². The summed E-state index contributed by atoms with van der Waals surface area (Å²) in [6.45, 7) is 2.05. The number of nitrogens with one attached hydrogen (secondary N) is 1. The molecule has 1 N–H and O–H groups in total. The summed E-state index contributed by atoms with van der Waals surface area (Å²) in [6.07, 6.45) is 3.30. The van der Waals surface area contributed by atoms with Crippen LogP contribution in [0.1, 0.15) is 31.4 Å². The van der Waals surface area contributed by atoms with E-state index in [-0.39, 0.29) is 11.7 Å². The molecule has 0 unspecified atom stereocenters. The largest absolute Gasteiger partial charge is 0.493 e. The molecule has 1 aromatic carbocycles. The van der Waals surface area contributed by atoms with Gasteiger partial charge in [-0.1, -0.05) is 24.8 Å². The van der Waals surface area contributed by atoms with Gasteiger partial charge < -0.3 is 19.5 Å². The van der Waals surface area contributed by atoms with Gasteiger partial charge in [0.25, 0.3) is 0 Å². The molecule has 29 heavy (non-hydrogen) atoms. The molecule has 1 aromatic heterocycles. The molecule has 0 bridgehead atoms. The minimum absolute atomic E-state index is 0.169.